The van der Waals surface area contributed by atoms with Crippen molar-refractivity contribution >= 4 is 236 Å². The Morgan fingerprint density at radius 3 is 0.939 bits per heavy atom. The number of nitrogens with zero attached hydrogens (tertiary/aromatic N) is 9. The first kappa shape index (κ1) is 84.2. The summed E-state index contributed by atoms with van der Waals surface area (Å²) in [6.45, 7) is 0. The predicted molar refractivity (Wildman–Crippen MR) is 619 cm³/mol. The summed E-state index contributed by atoms with van der Waals surface area (Å²) in [6, 6.07) is 165. The third-order valence-corrected chi connectivity index (χ3v) is 33.4. The Balaban J connectivity index is 0.000000102. The lowest BCUT2D eigenvalue weighted by molar-refractivity contribution is 0.669. The van der Waals surface area contributed by atoms with Crippen LogP contribution in [0, 0.1) is 0 Å². The van der Waals surface area contributed by atoms with Crippen LogP contribution >= 0.6 is 45.3 Å². The fraction of sp³-hybridized carbons (Fsp3) is 0. The number of hydrogen-bond donors (Lipinski definition) is 0. The van der Waals surface area contributed by atoms with E-state index in [0.29, 0.717) is 11.6 Å². The van der Waals surface area contributed by atoms with Crippen LogP contribution in [-0.2, 0) is 0 Å². The monoisotopic (exact) mass is 1950 g/mol. The largest absolute Gasteiger partial charge is 0.455 e. The van der Waals surface area contributed by atoms with Gasteiger partial charge in [0.25, 0.3) is 0 Å². The lowest BCUT2D eigenvalue weighted by Gasteiger charge is -2.10. The van der Waals surface area contributed by atoms with E-state index in [2.05, 4.69) is 457 Å². The van der Waals surface area contributed by atoms with Crippen molar-refractivity contribution in [3.05, 3.63) is 467 Å². The van der Waals surface area contributed by atoms with E-state index in [0.717, 1.165) is 197 Å². The zero-order valence-electron chi connectivity index (χ0n) is 78.4. The van der Waals surface area contributed by atoms with E-state index >= 15 is 0 Å². The average molecular weight is 1950 g/mol. The van der Waals surface area contributed by atoms with Gasteiger partial charge in [0.15, 0.2) is 17.5 Å². The van der Waals surface area contributed by atoms with Gasteiger partial charge in [-0.15, -0.1) is 45.3 Å². The maximum absolute atomic E-state index is 6.56. The fourth-order valence-electron chi connectivity index (χ4n) is 22.4. The Labute approximate surface area is 855 Å². The molecule has 0 saturated heterocycles. The quantitative estimate of drug-likeness (QED) is 0.126. The van der Waals surface area contributed by atoms with E-state index in [9.17, 15) is 0 Å². The van der Waals surface area contributed by atoms with Crippen LogP contribution in [0.25, 0.3) is 298 Å². The zero-order valence-corrected chi connectivity index (χ0v) is 81.7. The lowest BCUT2D eigenvalue weighted by Crippen LogP contribution is -1.95. The summed E-state index contributed by atoms with van der Waals surface area (Å²) in [4.78, 5) is 35.2. The molecule has 0 aliphatic carbocycles. The smallest absolute Gasteiger partial charge is 0.162 e. The SMILES string of the molecule is c1ccc(-c2ccc3c(c2)c2cc(-c4nc(-c5cccc6c5oc5ccccc56)c5c(n4)sc4ccccc45)ccc2n3-c2ccccc2)cc1.c1ccc(-c2ccc3c(c2)c2cc(-c4nc(-c5cccc6c5sc5ccccc56)c5c(n4)sc4ccccc45)ccc2n3-c2ccccc2)cc1.c1ccc(-n2c3ccccc3c3c(-c4nc(-c5cccc6c5oc5ccccc56)c5c(n4)sc4ccccc45)cccc32)cc1. The molecule has 0 amide bonds. The third-order valence-electron chi connectivity index (χ3n) is 28.9. The number of rotatable bonds is 11. The van der Waals surface area contributed by atoms with Crippen LogP contribution < -0.4 is 0 Å². The molecule has 32 rings (SSSR count). The van der Waals surface area contributed by atoms with E-state index in [4.69, 9.17) is 38.7 Å². The van der Waals surface area contributed by atoms with Gasteiger partial charge in [-0.2, -0.15) is 0 Å². The van der Waals surface area contributed by atoms with Gasteiger partial charge in [-0.25, -0.2) is 29.9 Å². The van der Waals surface area contributed by atoms with Gasteiger partial charge >= 0.3 is 0 Å². The molecule has 15 heteroatoms. The Hall–Kier alpha value is -18.5. The van der Waals surface area contributed by atoms with Gasteiger partial charge in [-0.3, -0.25) is 0 Å². The second-order valence-corrected chi connectivity index (χ2v) is 41.4. The topological polar surface area (TPSA) is 118 Å². The molecule has 147 heavy (non-hydrogen) atoms. The molecule has 0 unspecified atom stereocenters. The lowest BCUT2D eigenvalue weighted by atomic mass is 10.0. The molecule has 12 aromatic heterocycles. The van der Waals surface area contributed by atoms with Crippen LogP contribution in [-0.4, -0.2) is 43.6 Å². The summed E-state index contributed by atoms with van der Waals surface area (Å²) >= 11 is 7.02. The molecule has 0 spiro atoms. The highest BCUT2D eigenvalue weighted by Gasteiger charge is 2.29. The molecule has 0 aliphatic rings. The highest BCUT2D eigenvalue weighted by molar-refractivity contribution is 7.27. The summed E-state index contributed by atoms with van der Waals surface area (Å²) < 4.78 is 26.3. The molecule has 686 valence electrons. The summed E-state index contributed by atoms with van der Waals surface area (Å²) in [5, 5.41) is 20.7. The number of furan rings is 2. The van der Waals surface area contributed by atoms with Crippen LogP contribution in [0.3, 0.4) is 0 Å². The van der Waals surface area contributed by atoms with Gasteiger partial charge in [-0.05, 0) is 180 Å². The first-order valence-corrected chi connectivity index (χ1v) is 52.4. The minimum Gasteiger partial charge on any atom is -0.455 e. The second-order valence-electron chi connectivity index (χ2n) is 37.3. The van der Waals surface area contributed by atoms with E-state index in [1.165, 1.54) is 89.0 Å². The maximum Gasteiger partial charge on any atom is 0.162 e. The molecule has 0 N–H and O–H groups in total. The molecular formula is C132H77N9O2S4. The molecular weight excluding hydrogens is 1870 g/mol. The molecule has 20 aromatic carbocycles. The minimum atomic E-state index is 0.693. The van der Waals surface area contributed by atoms with Crippen LogP contribution in [0.2, 0.25) is 0 Å². The van der Waals surface area contributed by atoms with Crippen LogP contribution in [0.5, 0.6) is 0 Å². The number of hydrogen-bond acceptors (Lipinski definition) is 12. The molecule has 0 atom stereocenters. The molecule has 0 fully saturated rings. The fourth-order valence-corrected chi connectivity index (χ4v) is 26.8. The highest BCUT2D eigenvalue weighted by Crippen LogP contribution is 2.52. The second kappa shape index (κ2) is 34.1. The Morgan fingerprint density at radius 1 is 0.177 bits per heavy atom. The van der Waals surface area contributed by atoms with Gasteiger partial charge in [-0.1, -0.05) is 309 Å². The molecule has 32 aromatic rings. The van der Waals surface area contributed by atoms with Crippen LogP contribution in [0.15, 0.2) is 476 Å². The summed E-state index contributed by atoms with van der Waals surface area (Å²) in [7, 11) is 0. The minimum absolute atomic E-state index is 0.693. The van der Waals surface area contributed by atoms with Crippen LogP contribution in [0.4, 0.5) is 0 Å². The molecule has 0 bridgehead atoms. The standard InChI is InChI=1S/C46H27N3OS.C46H27N3S2.C40H23N3OS/c2*1-3-12-28(13-4-1)29-22-24-38-36(26-29)37-27-30(23-25-39(37)49(38)31-14-5-2-6-15-31)45-47-43(42-34-17-8-10-21-41(34)51-46(42)48-45)35-19-11-18-33-32-16-7-9-20-40(32)50-44(33)35;1-2-12-24(13-3-1)43-31-20-7-4-15-27(31)35-29(18-11-21-32(35)43)39-41-37(36-28-16-6-9-23-34(28)45-40(36)42-39)30-19-10-17-26-25-14-5-8-22-33(25)44-38(26)30/h2*1-27H;1-23H. The molecule has 0 aliphatic heterocycles. The highest BCUT2D eigenvalue weighted by atomic mass is 32.1. The van der Waals surface area contributed by atoms with Crippen molar-refractivity contribution in [1.82, 2.24) is 43.6 Å². The van der Waals surface area contributed by atoms with Crippen LogP contribution in [0.1, 0.15) is 0 Å². The van der Waals surface area contributed by atoms with Crippen molar-refractivity contribution in [3.8, 4) is 107 Å². The Morgan fingerprint density at radius 2 is 0.483 bits per heavy atom. The number of fused-ring (bicyclic) bond motifs is 27. The first-order valence-electron chi connectivity index (χ1n) is 49.2. The zero-order chi connectivity index (χ0) is 96.4. The van der Waals surface area contributed by atoms with E-state index < -0.39 is 0 Å². The van der Waals surface area contributed by atoms with E-state index in [1.807, 2.05) is 35.6 Å². The molecule has 0 radical (unpaired) electrons. The van der Waals surface area contributed by atoms with Crippen molar-refractivity contribution < 1.29 is 8.83 Å². The summed E-state index contributed by atoms with van der Waals surface area (Å²) in [6.07, 6.45) is 0. The predicted octanol–water partition coefficient (Wildman–Crippen LogP) is 37.3. The van der Waals surface area contributed by atoms with Crippen molar-refractivity contribution in [2.45, 2.75) is 0 Å². The first-order chi connectivity index (χ1) is 72.9. The van der Waals surface area contributed by atoms with Gasteiger partial charge < -0.3 is 22.5 Å². The third kappa shape index (κ3) is 13.7. The average Bonchev–Trinajstić information content (AvgIpc) is 1.57. The van der Waals surface area contributed by atoms with Gasteiger partial charge in [0.05, 0.1) is 50.2 Å². The molecule has 12 heterocycles. The Bertz CT molecular complexity index is 10600. The van der Waals surface area contributed by atoms with Gasteiger partial charge in [0, 0.05) is 171 Å². The Kier molecular flexibility index (Phi) is 19.6. The number of benzene rings is 20. The normalized spacial score (nSPS) is 11.9. The van der Waals surface area contributed by atoms with Gasteiger partial charge in [0.2, 0.25) is 0 Å². The van der Waals surface area contributed by atoms with Crippen molar-refractivity contribution in [1.29, 1.82) is 0 Å². The van der Waals surface area contributed by atoms with Crippen molar-refractivity contribution in [2.75, 3.05) is 0 Å². The summed E-state index contributed by atoms with van der Waals surface area (Å²) in [5.41, 5.74) is 27.3. The van der Waals surface area contributed by atoms with Crippen molar-refractivity contribution in [2.24, 2.45) is 0 Å². The van der Waals surface area contributed by atoms with Crippen molar-refractivity contribution in [3.63, 3.8) is 0 Å². The number of para-hydroxylation sites is 8. The summed E-state index contributed by atoms with van der Waals surface area (Å²) in [5.74, 6) is 2.14. The number of thiophene rings is 4. The van der Waals surface area contributed by atoms with E-state index in [-0.39, 0.29) is 0 Å². The number of aromatic nitrogens is 9. The van der Waals surface area contributed by atoms with E-state index in [1.54, 1.807) is 34.0 Å². The van der Waals surface area contributed by atoms with Gasteiger partial charge in [0.1, 0.15) is 36.8 Å². The molecule has 0 saturated carbocycles. The molecule has 11 nitrogen and oxygen atoms in total. The maximum atomic E-state index is 6.56.